The van der Waals surface area contributed by atoms with Gasteiger partial charge in [-0.15, -0.1) is 0 Å². The van der Waals surface area contributed by atoms with Gasteiger partial charge in [-0.1, -0.05) is 23.7 Å². The van der Waals surface area contributed by atoms with E-state index in [1.807, 2.05) is 31.2 Å². The maximum atomic E-state index is 11.7. The predicted molar refractivity (Wildman–Crippen MR) is 86.0 cm³/mol. The van der Waals surface area contributed by atoms with Gasteiger partial charge in [0.05, 0.1) is 19.3 Å². The lowest BCUT2D eigenvalue weighted by Crippen LogP contribution is -2.46. The topological polar surface area (TPSA) is 61.8 Å². The Kier molecular flexibility index (Phi) is 6.49. The number of hydrogen-bond donors (Lipinski definition) is 2. The fraction of sp³-hybridized carbons (Fsp3) is 0.562. The molecule has 2 N–H and O–H groups in total. The third kappa shape index (κ3) is 4.60. The number of nitrogens with zero attached hydrogens (tertiary/aromatic N) is 1. The maximum Gasteiger partial charge on any atom is 0.409 e. The Labute approximate surface area is 136 Å². The van der Waals surface area contributed by atoms with E-state index in [0.717, 1.165) is 18.4 Å². The molecule has 22 heavy (non-hydrogen) atoms. The number of amides is 1. The van der Waals surface area contributed by atoms with Crippen LogP contribution in [0.4, 0.5) is 4.79 Å². The first kappa shape index (κ1) is 17.1. The molecule has 1 saturated heterocycles. The lowest BCUT2D eigenvalue weighted by Gasteiger charge is -2.33. The lowest BCUT2D eigenvalue weighted by molar-refractivity contribution is 0.0928. The Bertz CT molecular complexity index is 473. The maximum absolute atomic E-state index is 11.7. The second-order valence-electron chi connectivity index (χ2n) is 5.41. The minimum atomic E-state index is -0.239. The molecule has 0 spiro atoms. The molecule has 0 aromatic heterocycles. The molecule has 6 heteroatoms. The first-order chi connectivity index (χ1) is 10.6. The summed E-state index contributed by atoms with van der Waals surface area (Å²) in [7, 11) is 0. The number of aliphatic hydroxyl groups is 1. The summed E-state index contributed by atoms with van der Waals surface area (Å²) in [6.07, 6.45) is 1.46. The zero-order chi connectivity index (χ0) is 15.9. The van der Waals surface area contributed by atoms with Crippen LogP contribution in [0, 0.1) is 0 Å². The van der Waals surface area contributed by atoms with Crippen LogP contribution in [0.25, 0.3) is 0 Å². The van der Waals surface area contributed by atoms with E-state index < -0.39 is 0 Å². The quantitative estimate of drug-likeness (QED) is 0.873. The molecule has 5 nitrogen and oxygen atoms in total. The number of halogens is 1. The van der Waals surface area contributed by atoms with Gasteiger partial charge in [-0.25, -0.2) is 4.79 Å². The molecular weight excluding hydrogens is 304 g/mol. The number of carbonyl (C=O) groups excluding carboxylic acids is 1. The van der Waals surface area contributed by atoms with E-state index in [2.05, 4.69) is 5.32 Å². The van der Waals surface area contributed by atoms with Crippen molar-refractivity contribution in [1.82, 2.24) is 10.2 Å². The zero-order valence-electron chi connectivity index (χ0n) is 12.8. The van der Waals surface area contributed by atoms with Crippen molar-refractivity contribution in [3.05, 3.63) is 34.9 Å². The van der Waals surface area contributed by atoms with E-state index in [1.165, 1.54) is 0 Å². The van der Waals surface area contributed by atoms with Gasteiger partial charge in [-0.3, -0.25) is 0 Å². The molecule has 1 aromatic rings. The van der Waals surface area contributed by atoms with Crippen molar-refractivity contribution in [3.63, 3.8) is 0 Å². The average molecular weight is 327 g/mol. The first-order valence-electron chi connectivity index (χ1n) is 7.68. The molecule has 0 radical (unpaired) electrons. The van der Waals surface area contributed by atoms with E-state index in [4.69, 9.17) is 16.3 Å². The lowest BCUT2D eigenvalue weighted by atomic mass is 10.0. The zero-order valence-corrected chi connectivity index (χ0v) is 13.6. The van der Waals surface area contributed by atoms with Crippen molar-refractivity contribution < 1.29 is 14.6 Å². The SMILES string of the molecule is CCOC(=O)N1CCC(NC(CO)c2ccc(Cl)cc2)CC1. The Morgan fingerprint density at radius 2 is 2.05 bits per heavy atom. The van der Waals surface area contributed by atoms with Gasteiger partial charge in [0.1, 0.15) is 0 Å². The van der Waals surface area contributed by atoms with Crippen LogP contribution >= 0.6 is 11.6 Å². The Balaban J connectivity index is 1.86. The number of nitrogens with one attached hydrogen (secondary N) is 1. The van der Waals surface area contributed by atoms with E-state index in [9.17, 15) is 9.90 Å². The van der Waals surface area contributed by atoms with Crippen LogP contribution in [0.3, 0.4) is 0 Å². The van der Waals surface area contributed by atoms with E-state index in [1.54, 1.807) is 4.90 Å². The highest BCUT2D eigenvalue weighted by Crippen LogP contribution is 2.19. The molecule has 1 aliphatic rings. The average Bonchev–Trinajstić information content (AvgIpc) is 2.54. The molecular formula is C16H23ClN2O3. The van der Waals surface area contributed by atoms with Crippen molar-refractivity contribution in [1.29, 1.82) is 0 Å². The van der Waals surface area contributed by atoms with Gasteiger partial charge in [0.15, 0.2) is 0 Å². The van der Waals surface area contributed by atoms with Gasteiger partial charge >= 0.3 is 6.09 Å². The van der Waals surface area contributed by atoms with Crippen molar-refractivity contribution in [3.8, 4) is 0 Å². The summed E-state index contributed by atoms with van der Waals surface area (Å²) in [5.41, 5.74) is 1.01. The number of ether oxygens (including phenoxy) is 1. The minimum Gasteiger partial charge on any atom is -0.450 e. The summed E-state index contributed by atoms with van der Waals surface area (Å²) in [5.74, 6) is 0. The van der Waals surface area contributed by atoms with Crippen LogP contribution in [0.5, 0.6) is 0 Å². The van der Waals surface area contributed by atoms with Crippen LogP contribution in [0.1, 0.15) is 31.4 Å². The number of aliphatic hydroxyl groups excluding tert-OH is 1. The normalized spacial score (nSPS) is 17.3. The third-order valence-corrected chi connectivity index (χ3v) is 4.16. The molecule has 2 rings (SSSR count). The number of piperidine rings is 1. The second-order valence-corrected chi connectivity index (χ2v) is 5.85. The summed E-state index contributed by atoms with van der Waals surface area (Å²) < 4.78 is 5.01. The van der Waals surface area contributed by atoms with Crippen molar-refractivity contribution >= 4 is 17.7 Å². The van der Waals surface area contributed by atoms with Gasteiger partial charge in [-0.2, -0.15) is 0 Å². The van der Waals surface area contributed by atoms with Gasteiger partial charge in [0.2, 0.25) is 0 Å². The monoisotopic (exact) mass is 326 g/mol. The number of rotatable bonds is 5. The predicted octanol–water partition coefficient (Wildman–Crippen LogP) is 2.58. The summed E-state index contributed by atoms with van der Waals surface area (Å²) in [4.78, 5) is 13.4. The van der Waals surface area contributed by atoms with Crippen LogP contribution in [-0.2, 0) is 4.74 Å². The number of likely N-dealkylation sites (tertiary alicyclic amines) is 1. The summed E-state index contributed by atoms with van der Waals surface area (Å²) >= 11 is 5.89. The van der Waals surface area contributed by atoms with Gasteiger partial charge in [0.25, 0.3) is 0 Å². The highest BCUT2D eigenvalue weighted by Gasteiger charge is 2.25. The molecule has 0 bridgehead atoms. The molecule has 1 amide bonds. The van der Waals surface area contributed by atoms with E-state index >= 15 is 0 Å². The first-order valence-corrected chi connectivity index (χ1v) is 8.06. The van der Waals surface area contributed by atoms with Crippen molar-refractivity contribution in [2.45, 2.75) is 31.8 Å². The molecule has 0 saturated carbocycles. The third-order valence-electron chi connectivity index (χ3n) is 3.91. The number of benzene rings is 1. The minimum absolute atomic E-state index is 0.0275. The Morgan fingerprint density at radius 3 is 2.59 bits per heavy atom. The summed E-state index contributed by atoms with van der Waals surface area (Å²) in [5, 5.41) is 13.8. The number of hydrogen-bond acceptors (Lipinski definition) is 4. The highest BCUT2D eigenvalue weighted by molar-refractivity contribution is 6.30. The second kappa shape index (κ2) is 8.36. The van der Waals surface area contributed by atoms with E-state index in [-0.39, 0.29) is 24.8 Å². The Hall–Kier alpha value is -1.30. The van der Waals surface area contributed by atoms with Gasteiger partial charge in [0, 0.05) is 24.2 Å². The molecule has 1 unspecified atom stereocenters. The van der Waals surface area contributed by atoms with Crippen LogP contribution in [0.15, 0.2) is 24.3 Å². The van der Waals surface area contributed by atoms with Crippen LogP contribution in [0.2, 0.25) is 5.02 Å². The molecule has 1 heterocycles. The van der Waals surface area contributed by atoms with Crippen molar-refractivity contribution in [2.75, 3.05) is 26.3 Å². The fourth-order valence-corrected chi connectivity index (χ4v) is 2.80. The fourth-order valence-electron chi connectivity index (χ4n) is 2.68. The molecule has 1 aromatic carbocycles. The van der Waals surface area contributed by atoms with Crippen LogP contribution < -0.4 is 5.32 Å². The van der Waals surface area contributed by atoms with Gasteiger partial charge in [-0.05, 0) is 37.5 Å². The van der Waals surface area contributed by atoms with Crippen LogP contribution in [-0.4, -0.2) is 48.4 Å². The summed E-state index contributed by atoms with van der Waals surface area (Å²) in [6.45, 7) is 3.59. The smallest absolute Gasteiger partial charge is 0.409 e. The van der Waals surface area contributed by atoms with Crippen molar-refractivity contribution in [2.24, 2.45) is 0 Å². The standard InChI is InChI=1S/C16H23ClN2O3/c1-2-22-16(21)19-9-7-14(8-10-19)18-15(11-20)12-3-5-13(17)6-4-12/h3-6,14-15,18,20H,2,7-11H2,1H3. The largest absolute Gasteiger partial charge is 0.450 e. The molecule has 1 aliphatic heterocycles. The molecule has 122 valence electrons. The highest BCUT2D eigenvalue weighted by atomic mass is 35.5. The molecule has 0 aliphatic carbocycles. The molecule has 1 fully saturated rings. The Morgan fingerprint density at radius 1 is 1.41 bits per heavy atom. The van der Waals surface area contributed by atoms with E-state index in [0.29, 0.717) is 24.7 Å². The molecule has 1 atom stereocenters. The summed E-state index contributed by atoms with van der Waals surface area (Å²) in [6, 6.07) is 7.65. The van der Waals surface area contributed by atoms with Gasteiger partial charge < -0.3 is 20.1 Å². The number of carbonyl (C=O) groups is 1.